The monoisotopic (exact) mass is 159 g/mol. The largest absolute Gasteiger partial charge is 0.295 e. The first-order chi connectivity index (χ1) is 5.25. The van der Waals surface area contributed by atoms with Crippen molar-refractivity contribution in [1.82, 2.24) is 4.90 Å². The van der Waals surface area contributed by atoms with E-state index in [1.807, 2.05) is 0 Å². The molecular weight excluding hydrogens is 141 g/mol. The van der Waals surface area contributed by atoms with Gasteiger partial charge in [0.2, 0.25) is 0 Å². The fourth-order valence-corrected chi connectivity index (χ4v) is 2.01. The Morgan fingerprint density at radius 3 is 2.27 bits per heavy atom. The highest BCUT2D eigenvalue weighted by Crippen LogP contribution is 2.21. The fraction of sp³-hybridized carbons (Fsp3) is 1.00. The molecule has 2 heteroatoms. The van der Waals surface area contributed by atoms with E-state index in [0.29, 0.717) is 18.6 Å². The van der Waals surface area contributed by atoms with Gasteiger partial charge in [0.1, 0.15) is 6.67 Å². The summed E-state index contributed by atoms with van der Waals surface area (Å²) < 4.78 is 12.1. The van der Waals surface area contributed by atoms with Crippen molar-refractivity contribution in [2.75, 3.05) is 13.2 Å². The van der Waals surface area contributed by atoms with Crippen molar-refractivity contribution in [3.63, 3.8) is 0 Å². The van der Waals surface area contributed by atoms with Crippen LogP contribution in [0, 0.1) is 0 Å². The zero-order valence-corrected chi connectivity index (χ0v) is 7.52. The lowest BCUT2D eigenvalue weighted by Crippen LogP contribution is -2.44. The second-order valence-corrected chi connectivity index (χ2v) is 3.56. The van der Waals surface area contributed by atoms with Gasteiger partial charge in [0.15, 0.2) is 0 Å². The van der Waals surface area contributed by atoms with Crippen molar-refractivity contribution >= 4 is 0 Å². The Bertz CT molecular complexity index is 106. The van der Waals surface area contributed by atoms with Gasteiger partial charge in [-0.3, -0.25) is 4.90 Å². The second-order valence-electron chi connectivity index (χ2n) is 3.56. The number of piperidine rings is 1. The molecule has 0 unspecified atom stereocenters. The standard InChI is InChI=1S/C9H18FN/c1-8-4-3-5-9(2)11(8)7-6-10/h8-9H,3-7H2,1-2H3/t8-,9+. The molecule has 1 aliphatic rings. The summed E-state index contributed by atoms with van der Waals surface area (Å²) >= 11 is 0. The van der Waals surface area contributed by atoms with Crippen LogP contribution >= 0.6 is 0 Å². The van der Waals surface area contributed by atoms with Gasteiger partial charge in [0, 0.05) is 18.6 Å². The number of alkyl halides is 1. The van der Waals surface area contributed by atoms with Gasteiger partial charge >= 0.3 is 0 Å². The molecule has 0 aliphatic carbocycles. The molecule has 0 saturated carbocycles. The van der Waals surface area contributed by atoms with Crippen LogP contribution in [-0.4, -0.2) is 30.2 Å². The van der Waals surface area contributed by atoms with Gasteiger partial charge in [-0.1, -0.05) is 6.42 Å². The van der Waals surface area contributed by atoms with Crippen LogP contribution in [0.5, 0.6) is 0 Å². The van der Waals surface area contributed by atoms with E-state index >= 15 is 0 Å². The molecule has 11 heavy (non-hydrogen) atoms. The third-order valence-corrected chi connectivity index (χ3v) is 2.72. The first-order valence-electron chi connectivity index (χ1n) is 4.57. The van der Waals surface area contributed by atoms with Crippen LogP contribution in [0.2, 0.25) is 0 Å². The zero-order valence-electron chi connectivity index (χ0n) is 7.52. The molecule has 1 aliphatic heterocycles. The van der Waals surface area contributed by atoms with E-state index in [9.17, 15) is 4.39 Å². The molecule has 1 saturated heterocycles. The zero-order chi connectivity index (χ0) is 8.27. The smallest absolute Gasteiger partial charge is 0.102 e. The van der Waals surface area contributed by atoms with Crippen molar-refractivity contribution in [1.29, 1.82) is 0 Å². The van der Waals surface area contributed by atoms with Crippen molar-refractivity contribution in [3.05, 3.63) is 0 Å². The summed E-state index contributed by atoms with van der Waals surface area (Å²) in [5, 5.41) is 0. The van der Waals surface area contributed by atoms with Crippen LogP contribution in [-0.2, 0) is 0 Å². The molecule has 0 radical (unpaired) electrons. The van der Waals surface area contributed by atoms with E-state index in [4.69, 9.17) is 0 Å². The van der Waals surface area contributed by atoms with E-state index in [-0.39, 0.29) is 6.67 Å². The lowest BCUT2D eigenvalue weighted by Gasteiger charge is -2.38. The SMILES string of the molecule is C[C@@H]1CCC[C@H](C)N1CCF. The molecule has 1 nitrogen and oxygen atoms in total. The summed E-state index contributed by atoms with van der Waals surface area (Å²) in [4.78, 5) is 2.28. The molecule has 0 aromatic rings. The number of halogens is 1. The molecule has 2 atom stereocenters. The van der Waals surface area contributed by atoms with E-state index in [0.717, 1.165) is 0 Å². The Morgan fingerprint density at radius 1 is 1.27 bits per heavy atom. The average Bonchev–Trinajstić information content (AvgIpc) is 1.97. The van der Waals surface area contributed by atoms with E-state index < -0.39 is 0 Å². The maximum absolute atomic E-state index is 12.1. The van der Waals surface area contributed by atoms with Crippen LogP contribution < -0.4 is 0 Å². The maximum atomic E-state index is 12.1. The average molecular weight is 159 g/mol. The molecule has 66 valence electrons. The lowest BCUT2D eigenvalue weighted by molar-refractivity contribution is 0.0955. The van der Waals surface area contributed by atoms with Crippen LogP contribution in [0.25, 0.3) is 0 Å². The first-order valence-corrected chi connectivity index (χ1v) is 4.57. The van der Waals surface area contributed by atoms with E-state index in [2.05, 4.69) is 18.7 Å². The summed E-state index contributed by atoms with van der Waals surface area (Å²) in [6, 6.07) is 1.18. The molecule has 0 aromatic heterocycles. The van der Waals surface area contributed by atoms with Crippen LogP contribution in [0.1, 0.15) is 33.1 Å². The Hall–Kier alpha value is -0.110. The van der Waals surface area contributed by atoms with Crippen molar-refractivity contribution < 1.29 is 4.39 Å². The third kappa shape index (κ3) is 2.16. The molecule has 0 amide bonds. The molecule has 0 N–H and O–H groups in total. The molecule has 1 rings (SSSR count). The molecule has 0 aromatic carbocycles. The van der Waals surface area contributed by atoms with Gasteiger partial charge in [-0.05, 0) is 26.7 Å². The molecular formula is C9H18FN. The molecule has 0 spiro atoms. The Balaban J connectivity index is 2.41. The number of hydrogen-bond acceptors (Lipinski definition) is 1. The van der Waals surface area contributed by atoms with Crippen molar-refractivity contribution in [2.45, 2.75) is 45.2 Å². The van der Waals surface area contributed by atoms with E-state index in [1.165, 1.54) is 19.3 Å². The minimum absolute atomic E-state index is 0.200. The lowest BCUT2D eigenvalue weighted by atomic mass is 9.98. The van der Waals surface area contributed by atoms with Gasteiger partial charge in [-0.25, -0.2) is 4.39 Å². The van der Waals surface area contributed by atoms with E-state index in [1.54, 1.807) is 0 Å². The van der Waals surface area contributed by atoms with Crippen molar-refractivity contribution in [2.24, 2.45) is 0 Å². The summed E-state index contributed by atoms with van der Waals surface area (Å²) in [5.41, 5.74) is 0. The highest BCUT2D eigenvalue weighted by atomic mass is 19.1. The van der Waals surface area contributed by atoms with Gasteiger partial charge in [0.05, 0.1) is 0 Å². The highest BCUT2D eigenvalue weighted by molar-refractivity contribution is 4.78. The Labute approximate surface area is 68.6 Å². The second kappa shape index (κ2) is 4.05. The number of likely N-dealkylation sites (tertiary alicyclic amines) is 1. The minimum Gasteiger partial charge on any atom is -0.295 e. The van der Waals surface area contributed by atoms with Gasteiger partial charge in [0.25, 0.3) is 0 Å². The summed E-state index contributed by atoms with van der Waals surface area (Å²) in [5.74, 6) is 0. The van der Waals surface area contributed by atoms with Crippen LogP contribution in [0.4, 0.5) is 4.39 Å². The number of hydrogen-bond donors (Lipinski definition) is 0. The fourth-order valence-electron chi connectivity index (χ4n) is 2.01. The third-order valence-electron chi connectivity index (χ3n) is 2.72. The summed E-state index contributed by atoms with van der Waals surface area (Å²) in [6.07, 6.45) is 3.79. The predicted molar refractivity (Wildman–Crippen MR) is 45.5 cm³/mol. The Morgan fingerprint density at radius 2 is 1.82 bits per heavy atom. The topological polar surface area (TPSA) is 3.24 Å². The van der Waals surface area contributed by atoms with Gasteiger partial charge in [-0.15, -0.1) is 0 Å². The molecule has 1 heterocycles. The minimum atomic E-state index is -0.200. The predicted octanol–water partition coefficient (Wildman–Crippen LogP) is 2.22. The van der Waals surface area contributed by atoms with Gasteiger partial charge < -0.3 is 0 Å². The molecule has 0 bridgehead atoms. The first kappa shape index (κ1) is 8.98. The Kier molecular flexibility index (Phi) is 3.31. The van der Waals surface area contributed by atoms with Crippen LogP contribution in [0.3, 0.4) is 0 Å². The summed E-state index contributed by atoms with van der Waals surface area (Å²) in [7, 11) is 0. The van der Waals surface area contributed by atoms with Gasteiger partial charge in [-0.2, -0.15) is 0 Å². The van der Waals surface area contributed by atoms with Crippen LogP contribution in [0.15, 0.2) is 0 Å². The quantitative estimate of drug-likeness (QED) is 0.597. The highest BCUT2D eigenvalue weighted by Gasteiger charge is 2.23. The summed E-state index contributed by atoms with van der Waals surface area (Å²) in [6.45, 7) is 4.83. The maximum Gasteiger partial charge on any atom is 0.102 e. The van der Waals surface area contributed by atoms with Crippen molar-refractivity contribution in [3.8, 4) is 0 Å². The number of nitrogens with zero attached hydrogens (tertiary/aromatic N) is 1. The number of rotatable bonds is 2. The molecule has 1 fully saturated rings. The normalized spacial score (nSPS) is 34.1.